The molecule has 2 rings (SSSR count). The summed E-state index contributed by atoms with van der Waals surface area (Å²) >= 11 is 4.94. The van der Waals surface area contributed by atoms with Crippen LogP contribution in [-0.2, 0) is 10.0 Å². The van der Waals surface area contributed by atoms with Crippen molar-refractivity contribution in [2.45, 2.75) is 17.7 Å². The molecule has 1 aliphatic rings. The van der Waals surface area contributed by atoms with E-state index in [0.29, 0.717) is 12.1 Å². The van der Waals surface area contributed by atoms with E-state index in [-0.39, 0.29) is 9.88 Å². The molecule has 0 bridgehead atoms. The predicted octanol–water partition coefficient (Wildman–Crippen LogP) is 1.04. The molecule has 0 aliphatic carbocycles. The Morgan fingerprint density at radius 2 is 1.95 bits per heavy atom. The van der Waals surface area contributed by atoms with Crippen LogP contribution in [0.5, 0.6) is 0 Å². The van der Waals surface area contributed by atoms with Crippen molar-refractivity contribution in [1.82, 2.24) is 9.21 Å². The number of hydrogen-bond donors (Lipinski definition) is 1. The fourth-order valence-corrected chi connectivity index (χ4v) is 4.08. The molecule has 0 saturated carbocycles. The van der Waals surface area contributed by atoms with Gasteiger partial charge in [-0.15, -0.1) is 0 Å². The zero-order valence-corrected chi connectivity index (χ0v) is 13.8. The van der Waals surface area contributed by atoms with Crippen LogP contribution in [0.15, 0.2) is 29.2 Å². The van der Waals surface area contributed by atoms with E-state index in [1.807, 2.05) is 0 Å². The molecule has 1 heterocycles. The van der Waals surface area contributed by atoms with Crippen LogP contribution in [0.1, 0.15) is 18.4 Å². The topological polar surface area (TPSA) is 66.6 Å². The third-order valence-corrected chi connectivity index (χ3v) is 5.91. The van der Waals surface area contributed by atoms with E-state index in [4.69, 9.17) is 18.0 Å². The Kier molecular flexibility index (Phi) is 5.32. The van der Waals surface area contributed by atoms with Crippen LogP contribution >= 0.6 is 12.2 Å². The van der Waals surface area contributed by atoms with Crippen LogP contribution in [0.3, 0.4) is 0 Å². The summed E-state index contributed by atoms with van der Waals surface area (Å²) in [5, 5.41) is 0. The van der Waals surface area contributed by atoms with Gasteiger partial charge in [0.05, 0.1) is 4.90 Å². The maximum absolute atomic E-state index is 12.7. The van der Waals surface area contributed by atoms with Gasteiger partial charge < -0.3 is 10.6 Å². The average molecular weight is 327 g/mol. The van der Waals surface area contributed by atoms with Gasteiger partial charge in [0.15, 0.2) is 0 Å². The molecule has 0 spiro atoms. The van der Waals surface area contributed by atoms with Crippen LogP contribution in [-0.4, -0.2) is 55.8 Å². The molecule has 7 heteroatoms. The van der Waals surface area contributed by atoms with E-state index in [1.54, 1.807) is 31.3 Å². The number of thiocarbonyl (C=S) groups is 1. The Balaban J connectivity index is 2.15. The van der Waals surface area contributed by atoms with Gasteiger partial charge in [-0.05, 0) is 32.0 Å². The summed E-state index contributed by atoms with van der Waals surface area (Å²) in [6.45, 7) is 3.33. The quantitative estimate of drug-likeness (QED) is 0.791. The minimum atomic E-state index is -3.57. The molecular formula is C14H21N3O2S2. The lowest BCUT2D eigenvalue weighted by Gasteiger charge is -2.22. The SMILES string of the molecule is CN(CCN1CCCC1)S(=O)(=O)c1ccccc1C(N)=S. The minimum Gasteiger partial charge on any atom is -0.389 e. The molecule has 0 atom stereocenters. The van der Waals surface area contributed by atoms with Crippen molar-refractivity contribution in [1.29, 1.82) is 0 Å². The van der Waals surface area contributed by atoms with Crippen molar-refractivity contribution >= 4 is 27.2 Å². The van der Waals surface area contributed by atoms with Crippen molar-refractivity contribution in [3.63, 3.8) is 0 Å². The zero-order valence-electron chi connectivity index (χ0n) is 12.2. The average Bonchev–Trinajstić information content (AvgIpc) is 2.97. The summed E-state index contributed by atoms with van der Waals surface area (Å²) in [5.41, 5.74) is 6.03. The van der Waals surface area contributed by atoms with E-state index in [9.17, 15) is 8.42 Å². The summed E-state index contributed by atoms with van der Waals surface area (Å²) < 4.78 is 26.7. The third kappa shape index (κ3) is 3.79. The van der Waals surface area contributed by atoms with Crippen molar-refractivity contribution in [2.75, 3.05) is 33.2 Å². The highest BCUT2D eigenvalue weighted by Crippen LogP contribution is 2.19. The molecule has 116 valence electrons. The largest absolute Gasteiger partial charge is 0.389 e. The predicted molar refractivity (Wildman–Crippen MR) is 87.8 cm³/mol. The van der Waals surface area contributed by atoms with Crippen LogP contribution < -0.4 is 5.73 Å². The molecule has 5 nitrogen and oxygen atoms in total. The summed E-state index contributed by atoms with van der Waals surface area (Å²) in [6, 6.07) is 6.61. The minimum absolute atomic E-state index is 0.0992. The molecule has 21 heavy (non-hydrogen) atoms. The molecular weight excluding hydrogens is 306 g/mol. The number of nitrogens with zero attached hydrogens (tertiary/aromatic N) is 2. The van der Waals surface area contributed by atoms with Gasteiger partial charge in [-0.2, -0.15) is 4.31 Å². The third-order valence-electron chi connectivity index (χ3n) is 3.77. The number of sulfonamides is 1. The molecule has 0 radical (unpaired) electrons. The van der Waals surface area contributed by atoms with Gasteiger partial charge in [-0.3, -0.25) is 0 Å². The fourth-order valence-electron chi connectivity index (χ4n) is 2.47. The standard InChI is InChI=1S/C14H21N3O2S2/c1-16(10-11-17-8-4-5-9-17)21(18,19)13-7-3-2-6-12(13)14(15)20/h2-3,6-7H,4-5,8-11H2,1H3,(H2,15,20). The van der Waals surface area contributed by atoms with E-state index in [0.717, 1.165) is 19.6 Å². The molecule has 1 aliphatic heterocycles. The van der Waals surface area contributed by atoms with Gasteiger partial charge in [0.1, 0.15) is 4.99 Å². The summed E-state index contributed by atoms with van der Waals surface area (Å²) in [6.07, 6.45) is 2.39. The lowest BCUT2D eigenvalue weighted by Crippen LogP contribution is -2.36. The molecule has 0 unspecified atom stereocenters. The fraction of sp³-hybridized carbons (Fsp3) is 0.500. The first-order valence-electron chi connectivity index (χ1n) is 7.00. The summed E-state index contributed by atoms with van der Waals surface area (Å²) in [7, 11) is -1.97. The molecule has 0 aromatic heterocycles. The Hall–Kier alpha value is -1.02. The Morgan fingerprint density at radius 1 is 1.33 bits per heavy atom. The second-order valence-electron chi connectivity index (χ2n) is 5.24. The first kappa shape index (κ1) is 16.4. The smallest absolute Gasteiger partial charge is 0.243 e. The lowest BCUT2D eigenvalue weighted by molar-refractivity contribution is 0.310. The molecule has 2 N–H and O–H groups in total. The van der Waals surface area contributed by atoms with Crippen molar-refractivity contribution in [3.8, 4) is 0 Å². The van der Waals surface area contributed by atoms with Crippen LogP contribution in [0.25, 0.3) is 0 Å². The van der Waals surface area contributed by atoms with Crippen molar-refractivity contribution < 1.29 is 8.42 Å². The Morgan fingerprint density at radius 3 is 2.57 bits per heavy atom. The number of rotatable bonds is 6. The highest BCUT2D eigenvalue weighted by Gasteiger charge is 2.25. The van der Waals surface area contributed by atoms with Gasteiger partial charge in [0.25, 0.3) is 0 Å². The van der Waals surface area contributed by atoms with Crippen LogP contribution in [0, 0.1) is 0 Å². The molecule has 1 fully saturated rings. The summed E-state index contributed by atoms with van der Waals surface area (Å²) in [4.78, 5) is 2.56. The summed E-state index contributed by atoms with van der Waals surface area (Å²) in [5.74, 6) is 0. The highest BCUT2D eigenvalue weighted by molar-refractivity contribution is 7.89. The van der Waals surface area contributed by atoms with Crippen LogP contribution in [0.4, 0.5) is 0 Å². The van der Waals surface area contributed by atoms with Gasteiger partial charge in [-0.25, -0.2) is 8.42 Å². The van der Waals surface area contributed by atoms with Crippen molar-refractivity contribution in [3.05, 3.63) is 29.8 Å². The van der Waals surface area contributed by atoms with E-state index >= 15 is 0 Å². The monoisotopic (exact) mass is 327 g/mol. The van der Waals surface area contributed by atoms with E-state index in [2.05, 4.69) is 4.90 Å². The second kappa shape index (κ2) is 6.83. The molecule has 1 aromatic carbocycles. The van der Waals surface area contributed by atoms with Gasteiger partial charge >= 0.3 is 0 Å². The highest BCUT2D eigenvalue weighted by atomic mass is 32.2. The Bertz CT molecular complexity index is 610. The van der Waals surface area contributed by atoms with Gasteiger partial charge in [0.2, 0.25) is 10.0 Å². The van der Waals surface area contributed by atoms with Gasteiger partial charge in [0, 0.05) is 25.7 Å². The number of likely N-dealkylation sites (N-methyl/N-ethyl adjacent to an activating group) is 1. The Labute approximate surface area is 131 Å². The maximum Gasteiger partial charge on any atom is 0.243 e. The van der Waals surface area contributed by atoms with Crippen molar-refractivity contribution in [2.24, 2.45) is 5.73 Å². The first-order chi connectivity index (χ1) is 9.93. The second-order valence-corrected chi connectivity index (χ2v) is 7.69. The van der Waals surface area contributed by atoms with E-state index in [1.165, 1.54) is 17.1 Å². The normalized spacial score (nSPS) is 16.5. The lowest BCUT2D eigenvalue weighted by atomic mass is 10.2. The molecule has 1 aromatic rings. The zero-order chi connectivity index (χ0) is 15.5. The van der Waals surface area contributed by atoms with Crippen LogP contribution in [0.2, 0.25) is 0 Å². The van der Waals surface area contributed by atoms with Gasteiger partial charge in [-0.1, -0.05) is 30.4 Å². The number of likely N-dealkylation sites (tertiary alicyclic amines) is 1. The molecule has 0 amide bonds. The number of benzene rings is 1. The molecule has 1 saturated heterocycles. The maximum atomic E-state index is 12.7. The first-order valence-corrected chi connectivity index (χ1v) is 8.85. The number of nitrogens with two attached hydrogens (primary N) is 1. The van der Waals surface area contributed by atoms with E-state index < -0.39 is 10.0 Å². The number of hydrogen-bond acceptors (Lipinski definition) is 4.